The van der Waals surface area contributed by atoms with Crippen LogP contribution in [0.25, 0.3) is 0 Å². The Balaban J connectivity index is 2.23. The van der Waals surface area contributed by atoms with Gasteiger partial charge in [0.15, 0.2) is 5.92 Å². The third-order valence-electron chi connectivity index (χ3n) is 5.76. The minimum atomic E-state index is -1.49. The standard InChI is InChI=1S/C20H30N2O5/c1-4-20(5-2,17(18(23)24)19(25)26)21(3)16-8-6-15(7-9-16)14-22-10-12-27-13-11-22/h6-9,17H,4-5,10-14H2,1-3H3,(H,23,24)(H,25,26). The van der Waals surface area contributed by atoms with Crippen LogP contribution in [0.3, 0.4) is 0 Å². The van der Waals surface area contributed by atoms with Crippen molar-refractivity contribution in [2.24, 2.45) is 5.92 Å². The van der Waals surface area contributed by atoms with Crippen LogP contribution < -0.4 is 4.90 Å². The summed E-state index contributed by atoms with van der Waals surface area (Å²) >= 11 is 0. The number of carboxylic acid groups (broad SMARTS) is 2. The van der Waals surface area contributed by atoms with Crippen molar-refractivity contribution >= 4 is 17.6 Å². The maximum Gasteiger partial charge on any atom is 0.320 e. The fraction of sp³-hybridized carbons (Fsp3) is 0.600. The van der Waals surface area contributed by atoms with Crippen LogP contribution in [-0.4, -0.2) is 65.9 Å². The zero-order valence-corrected chi connectivity index (χ0v) is 16.4. The number of anilines is 1. The van der Waals surface area contributed by atoms with Crippen LogP contribution >= 0.6 is 0 Å². The van der Waals surface area contributed by atoms with Crippen molar-refractivity contribution in [3.8, 4) is 0 Å². The Morgan fingerprint density at radius 3 is 2.07 bits per heavy atom. The molecule has 0 unspecified atom stereocenters. The molecule has 1 saturated heterocycles. The number of carbonyl (C=O) groups is 2. The van der Waals surface area contributed by atoms with Crippen molar-refractivity contribution in [3.63, 3.8) is 0 Å². The normalized spacial score (nSPS) is 15.7. The van der Waals surface area contributed by atoms with Crippen molar-refractivity contribution in [1.82, 2.24) is 4.90 Å². The highest BCUT2D eigenvalue weighted by Gasteiger charge is 2.48. The lowest BCUT2D eigenvalue weighted by Crippen LogP contribution is -2.57. The second kappa shape index (κ2) is 9.19. The van der Waals surface area contributed by atoms with E-state index in [1.807, 2.05) is 43.0 Å². The molecule has 0 aliphatic carbocycles. The van der Waals surface area contributed by atoms with Crippen LogP contribution in [0.15, 0.2) is 24.3 Å². The second-order valence-electron chi connectivity index (χ2n) is 7.03. The van der Waals surface area contributed by atoms with Gasteiger partial charge in [0, 0.05) is 32.4 Å². The quantitative estimate of drug-likeness (QED) is 0.637. The third-order valence-corrected chi connectivity index (χ3v) is 5.76. The van der Waals surface area contributed by atoms with Gasteiger partial charge in [-0.3, -0.25) is 14.5 Å². The molecule has 0 spiro atoms. The summed E-state index contributed by atoms with van der Waals surface area (Å²) in [6, 6.07) is 7.93. The van der Waals surface area contributed by atoms with Gasteiger partial charge < -0.3 is 19.8 Å². The molecule has 1 aromatic rings. The summed E-state index contributed by atoms with van der Waals surface area (Å²) in [5, 5.41) is 19.1. The number of carboxylic acids is 2. The molecular weight excluding hydrogens is 348 g/mol. The lowest BCUT2D eigenvalue weighted by molar-refractivity contribution is -0.158. The van der Waals surface area contributed by atoms with Crippen LogP contribution in [0, 0.1) is 5.92 Å². The fourth-order valence-electron chi connectivity index (χ4n) is 3.99. The molecule has 0 atom stereocenters. The Morgan fingerprint density at radius 2 is 1.63 bits per heavy atom. The lowest BCUT2D eigenvalue weighted by Gasteiger charge is -2.44. The number of hydrogen-bond donors (Lipinski definition) is 2. The summed E-state index contributed by atoms with van der Waals surface area (Å²) in [7, 11) is 1.78. The minimum absolute atomic E-state index is 0.415. The Hall–Kier alpha value is -2.12. The highest BCUT2D eigenvalue weighted by molar-refractivity contribution is 5.95. The highest BCUT2D eigenvalue weighted by Crippen LogP contribution is 2.36. The zero-order valence-electron chi connectivity index (χ0n) is 16.4. The third kappa shape index (κ3) is 4.59. The molecule has 7 nitrogen and oxygen atoms in total. The molecule has 150 valence electrons. The largest absolute Gasteiger partial charge is 0.481 e. The van der Waals surface area contributed by atoms with Gasteiger partial charge in [0.1, 0.15) is 0 Å². The van der Waals surface area contributed by atoms with E-state index >= 15 is 0 Å². The van der Waals surface area contributed by atoms with E-state index in [9.17, 15) is 19.8 Å². The van der Waals surface area contributed by atoms with Gasteiger partial charge in [0.2, 0.25) is 0 Å². The number of rotatable bonds is 9. The van der Waals surface area contributed by atoms with Gasteiger partial charge in [-0.25, -0.2) is 0 Å². The molecule has 1 fully saturated rings. The summed E-state index contributed by atoms with van der Waals surface area (Å²) in [6.07, 6.45) is 0.831. The predicted octanol–water partition coefficient (Wildman–Crippen LogP) is 2.30. The molecule has 2 rings (SSSR count). The average molecular weight is 378 g/mol. The van der Waals surface area contributed by atoms with Crippen molar-refractivity contribution in [1.29, 1.82) is 0 Å². The van der Waals surface area contributed by atoms with E-state index in [4.69, 9.17) is 4.74 Å². The van der Waals surface area contributed by atoms with Crippen molar-refractivity contribution < 1.29 is 24.5 Å². The Kier molecular flexibility index (Phi) is 7.21. The lowest BCUT2D eigenvalue weighted by atomic mass is 9.77. The molecule has 1 aliphatic heterocycles. The molecule has 7 heteroatoms. The van der Waals surface area contributed by atoms with Gasteiger partial charge in [0.25, 0.3) is 0 Å². The molecule has 2 N–H and O–H groups in total. The van der Waals surface area contributed by atoms with Gasteiger partial charge >= 0.3 is 11.9 Å². The van der Waals surface area contributed by atoms with Gasteiger partial charge in [-0.15, -0.1) is 0 Å². The fourth-order valence-corrected chi connectivity index (χ4v) is 3.99. The smallest absolute Gasteiger partial charge is 0.320 e. The maximum absolute atomic E-state index is 11.7. The SMILES string of the molecule is CCC(CC)(C(C(=O)O)C(=O)O)N(C)c1ccc(CN2CCOCC2)cc1. The number of aliphatic carboxylic acids is 2. The van der Waals surface area contributed by atoms with Crippen molar-refractivity contribution in [2.75, 3.05) is 38.3 Å². The van der Waals surface area contributed by atoms with E-state index in [1.54, 1.807) is 7.05 Å². The van der Waals surface area contributed by atoms with Crippen molar-refractivity contribution in [2.45, 2.75) is 38.8 Å². The highest BCUT2D eigenvalue weighted by atomic mass is 16.5. The number of nitrogens with zero attached hydrogens (tertiary/aromatic N) is 2. The number of benzene rings is 1. The maximum atomic E-state index is 11.7. The van der Waals surface area contributed by atoms with Gasteiger partial charge in [0.05, 0.1) is 18.8 Å². The number of hydrogen-bond acceptors (Lipinski definition) is 5. The number of ether oxygens (including phenoxy) is 1. The van der Waals surface area contributed by atoms with Crippen LogP contribution in [0.2, 0.25) is 0 Å². The zero-order chi connectivity index (χ0) is 20.0. The van der Waals surface area contributed by atoms with Gasteiger partial charge in [-0.1, -0.05) is 26.0 Å². The Bertz CT molecular complexity index is 622. The van der Waals surface area contributed by atoms with E-state index in [0.29, 0.717) is 12.8 Å². The molecule has 0 radical (unpaired) electrons. The molecule has 1 aromatic carbocycles. The Morgan fingerprint density at radius 1 is 1.11 bits per heavy atom. The summed E-state index contributed by atoms with van der Waals surface area (Å²) < 4.78 is 5.37. The van der Waals surface area contributed by atoms with Crippen LogP contribution in [0.4, 0.5) is 5.69 Å². The van der Waals surface area contributed by atoms with Crippen LogP contribution in [0.5, 0.6) is 0 Å². The first-order chi connectivity index (χ1) is 12.9. The van der Waals surface area contributed by atoms with Crippen molar-refractivity contribution in [3.05, 3.63) is 29.8 Å². The van der Waals surface area contributed by atoms with E-state index in [0.717, 1.165) is 38.5 Å². The molecule has 1 aliphatic rings. The summed E-state index contributed by atoms with van der Waals surface area (Å²) in [4.78, 5) is 27.5. The molecule has 27 heavy (non-hydrogen) atoms. The first kappa shape index (κ1) is 21.2. The van der Waals surface area contributed by atoms with E-state index in [1.165, 1.54) is 5.56 Å². The van der Waals surface area contributed by atoms with E-state index in [2.05, 4.69) is 4.90 Å². The average Bonchev–Trinajstić information content (AvgIpc) is 2.66. The summed E-state index contributed by atoms with van der Waals surface area (Å²) in [6.45, 7) is 7.85. The minimum Gasteiger partial charge on any atom is -0.481 e. The molecule has 0 aromatic heterocycles. The van der Waals surface area contributed by atoms with E-state index in [-0.39, 0.29) is 0 Å². The second-order valence-corrected chi connectivity index (χ2v) is 7.03. The number of morpholine rings is 1. The van der Waals surface area contributed by atoms with Gasteiger partial charge in [-0.2, -0.15) is 0 Å². The van der Waals surface area contributed by atoms with Crippen LogP contribution in [-0.2, 0) is 20.9 Å². The first-order valence-corrected chi connectivity index (χ1v) is 9.44. The summed E-state index contributed by atoms with van der Waals surface area (Å²) in [5.74, 6) is -4.10. The predicted molar refractivity (Wildman–Crippen MR) is 103 cm³/mol. The summed E-state index contributed by atoms with van der Waals surface area (Å²) in [5.41, 5.74) is 0.987. The topological polar surface area (TPSA) is 90.3 Å². The monoisotopic (exact) mass is 378 g/mol. The molecule has 1 heterocycles. The molecule has 0 amide bonds. The molecule has 0 bridgehead atoms. The van der Waals surface area contributed by atoms with Gasteiger partial charge in [-0.05, 0) is 30.5 Å². The Labute approximate surface area is 160 Å². The first-order valence-electron chi connectivity index (χ1n) is 9.44. The molecule has 0 saturated carbocycles. The molecular formula is C20H30N2O5. The van der Waals surface area contributed by atoms with E-state index < -0.39 is 23.4 Å². The van der Waals surface area contributed by atoms with Crippen LogP contribution in [0.1, 0.15) is 32.3 Å².